The van der Waals surface area contributed by atoms with E-state index in [4.69, 9.17) is 21.9 Å². The number of hydrazine groups is 1. The van der Waals surface area contributed by atoms with Gasteiger partial charge in [-0.25, -0.2) is 5.84 Å². The van der Waals surface area contributed by atoms with Gasteiger partial charge in [0.2, 0.25) is 0 Å². The normalized spacial score (nSPS) is 10.5. The highest BCUT2D eigenvalue weighted by Crippen LogP contribution is 2.21. The van der Waals surface area contributed by atoms with Crippen molar-refractivity contribution in [2.75, 3.05) is 5.43 Å². The summed E-state index contributed by atoms with van der Waals surface area (Å²) in [6, 6.07) is 5.48. The summed E-state index contributed by atoms with van der Waals surface area (Å²) in [6.45, 7) is 0. The highest BCUT2D eigenvalue weighted by Gasteiger charge is 2.03. The highest BCUT2D eigenvalue weighted by atomic mass is 35.5. The van der Waals surface area contributed by atoms with Gasteiger partial charge in [0, 0.05) is 11.1 Å². The van der Waals surface area contributed by atoms with Gasteiger partial charge >= 0.3 is 6.01 Å². The highest BCUT2D eigenvalue weighted by molar-refractivity contribution is 6.31. The first kappa shape index (κ1) is 7.39. The standard InChI is InChI=1S/C7H6ClN3O/c8-4-1-2-5-6(3-4)12-7(10-5)11-9/h1-3H,9H2,(H,10,11). The molecule has 1 heterocycles. The minimum atomic E-state index is 0.285. The van der Waals surface area contributed by atoms with Crippen molar-refractivity contribution in [3.8, 4) is 0 Å². The Morgan fingerprint density at radius 2 is 2.33 bits per heavy atom. The van der Waals surface area contributed by atoms with Gasteiger partial charge in [0.15, 0.2) is 5.58 Å². The van der Waals surface area contributed by atoms with Crippen molar-refractivity contribution in [1.82, 2.24) is 4.98 Å². The lowest BCUT2D eigenvalue weighted by molar-refractivity contribution is 0.617. The zero-order valence-electron chi connectivity index (χ0n) is 6.04. The smallest absolute Gasteiger partial charge is 0.310 e. The number of rotatable bonds is 1. The van der Waals surface area contributed by atoms with Gasteiger partial charge in [-0.2, -0.15) is 4.98 Å². The lowest BCUT2D eigenvalue weighted by Gasteiger charge is -1.86. The number of benzene rings is 1. The molecule has 0 bridgehead atoms. The maximum Gasteiger partial charge on any atom is 0.310 e. The third-order valence-corrected chi connectivity index (χ3v) is 1.71. The molecule has 0 aliphatic carbocycles. The predicted octanol–water partition coefficient (Wildman–Crippen LogP) is 1.77. The molecule has 0 fully saturated rings. The van der Waals surface area contributed by atoms with Crippen molar-refractivity contribution in [1.29, 1.82) is 0 Å². The summed E-state index contributed by atoms with van der Waals surface area (Å²) in [5.74, 6) is 5.11. The van der Waals surface area contributed by atoms with E-state index < -0.39 is 0 Å². The number of hydrogen-bond donors (Lipinski definition) is 2. The first-order chi connectivity index (χ1) is 5.79. The molecule has 2 aromatic rings. The van der Waals surface area contributed by atoms with Crippen LogP contribution in [0.25, 0.3) is 11.1 Å². The molecule has 3 N–H and O–H groups in total. The van der Waals surface area contributed by atoms with Gasteiger partial charge < -0.3 is 4.42 Å². The number of hydrogen-bond acceptors (Lipinski definition) is 4. The summed E-state index contributed by atoms with van der Waals surface area (Å²) in [5.41, 5.74) is 3.66. The topological polar surface area (TPSA) is 64.1 Å². The van der Waals surface area contributed by atoms with E-state index in [-0.39, 0.29) is 6.01 Å². The summed E-state index contributed by atoms with van der Waals surface area (Å²) in [5, 5.41) is 0.613. The fourth-order valence-electron chi connectivity index (χ4n) is 0.960. The minimum absolute atomic E-state index is 0.285. The van der Waals surface area contributed by atoms with Crippen LogP contribution in [0.5, 0.6) is 0 Å². The number of fused-ring (bicyclic) bond motifs is 1. The number of nitrogen functional groups attached to an aromatic ring is 1. The largest absolute Gasteiger partial charge is 0.423 e. The van der Waals surface area contributed by atoms with Crippen LogP contribution in [-0.4, -0.2) is 4.98 Å². The first-order valence-electron chi connectivity index (χ1n) is 3.32. The molecule has 0 unspecified atom stereocenters. The van der Waals surface area contributed by atoms with Gasteiger partial charge in [-0.3, -0.25) is 5.43 Å². The Bertz CT molecular complexity index is 412. The van der Waals surface area contributed by atoms with Crippen molar-refractivity contribution in [2.45, 2.75) is 0 Å². The zero-order valence-corrected chi connectivity index (χ0v) is 6.80. The van der Waals surface area contributed by atoms with E-state index in [1.807, 2.05) is 0 Å². The Morgan fingerprint density at radius 1 is 1.50 bits per heavy atom. The molecule has 2 rings (SSSR count). The number of aromatic nitrogens is 1. The zero-order chi connectivity index (χ0) is 8.55. The van der Waals surface area contributed by atoms with Gasteiger partial charge in [-0.1, -0.05) is 11.6 Å². The van der Waals surface area contributed by atoms with E-state index in [1.54, 1.807) is 18.2 Å². The number of halogens is 1. The Hall–Kier alpha value is -1.26. The van der Waals surface area contributed by atoms with Crippen molar-refractivity contribution >= 4 is 28.7 Å². The molecule has 4 nitrogen and oxygen atoms in total. The molecular formula is C7H6ClN3O. The predicted molar refractivity (Wildman–Crippen MR) is 46.8 cm³/mol. The van der Waals surface area contributed by atoms with Crippen LogP contribution in [0, 0.1) is 0 Å². The average molecular weight is 184 g/mol. The maximum atomic E-state index is 5.73. The molecule has 0 amide bonds. The first-order valence-corrected chi connectivity index (χ1v) is 3.70. The summed E-state index contributed by atoms with van der Waals surface area (Å²) in [6.07, 6.45) is 0. The maximum absolute atomic E-state index is 5.73. The molecule has 0 aliphatic heterocycles. The van der Waals surface area contributed by atoms with Crippen LogP contribution >= 0.6 is 11.6 Å². The van der Waals surface area contributed by atoms with Crippen LogP contribution < -0.4 is 11.3 Å². The number of nitrogens with one attached hydrogen (secondary N) is 1. The molecule has 0 radical (unpaired) electrons. The van der Waals surface area contributed by atoms with E-state index in [1.165, 1.54) is 0 Å². The van der Waals surface area contributed by atoms with E-state index in [2.05, 4.69) is 10.4 Å². The fourth-order valence-corrected chi connectivity index (χ4v) is 1.12. The van der Waals surface area contributed by atoms with Crippen LogP contribution in [-0.2, 0) is 0 Å². The van der Waals surface area contributed by atoms with E-state index >= 15 is 0 Å². The summed E-state index contributed by atoms with van der Waals surface area (Å²) >= 11 is 5.73. The minimum Gasteiger partial charge on any atom is -0.423 e. The van der Waals surface area contributed by atoms with Crippen LogP contribution in [0.1, 0.15) is 0 Å². The molecule has 0 spiro atoms. The average Bonchev–Trinajstić information content (AvgIpc) is 2.46. The number of nitrogens with zero attached hydrogens (tertiary/aromatic N) is 1. The Balaban J connectivity index is 2.67. The third kappa shape index (κ3) is 1.11. The van der Waals surface area contributed by atoms with E-state index in [9.17, 15) is 0 Å². The Labute approximate surface area is 73.3 Å². The second kappa shape index (κ2) is 2.66. The molecule has 12 heavy (non-hydrogen) atoms. The molecule has 0 saturated heterocycles. The SMILES string of the molecule is NNc1nc2ccc(Cl)cc2o1. The second-order valence-electron chi connectivity index (χ2n) is 2.28. The Kier molecular flexibility index (Phi) is 1.64. The Morgan fingerprint density at radius 3 is 3.08 bits per heavy atom. The molecular weight excluding hydrogens is 178 g/mol. The molecule has 0 atom stereocenters. The summed E-state index contributed by atoms with van der Waals surface area (Å²) < 4.78 is 5.17. The summed E-state index contributed by atoms with van der Waals surface area (Å²) in [4.78, 5) is 4.01. The molecule has 62 valence electrons. The number of oxazole rings is 1. The van der Waals surface area contributed by atoms with E-state index in [0.29, 0.717) is 10.6 Å². The van der Waals surface area contributed by atoms with Crippen LogP contribution in [0.3, 0.4) is 0 Å². The van der Waals surface area contributed by atoms with Crippen LogP contribution in [0.15, 0.2) is 22.6 Å². The lowest BCUT2D eigenvalue weighted by atomic mass is 10.3. The van der Waals surface area contributed by atoms with Crippen molar-refractivity contribution in [2.24, 2.45) is 5.84 Å². The molecule has 1 aromatic carbocycles. The van der Waals surface area contributed by atoms with Gasteiger partial charge in [-0.15, -0.1) is 0 Å². The lowest BCUT2D eigenvalue weighted by Crippen LogP contribution is -2.06. The van der Waals surface area contributed by atoms with Gasteiger partial charge in [0.1, 0.15) is 5.52 Å². The molecule has 1 aromatic heterocycles. The van der Waals surface area contributed by atoms with Crippen LogP contribution in [0.4, 0.5) is 6.01 Å². The monoisotopic (exact) mass is 183 g/mol. The number of anilines is 1. The second-order valence-corrected chi connectivity index (χ2v) is 2.71. The van der Waals surface area contributed by atoms with Crippen LogP contribution in [0.2, 0.25) is 5.02 Å². The molecule has 5 heteroatoms. The summed E-state index contributed by atoms with van der Waals surface area (Å²) in [7, 11) is 0. The van der Waals surface area contributed by atoms with Crippen molar-refractivity contribution in [3.63, 3.8) is 0 Å². The fraction of sp³-hybridized carbons (Fsp3) is 0. The molecule has 0 saturated carbocycles. The van der Waals surface area contributed by atoms with Crippen molar-refractivity contribution < 1.29 is 4.42 Å². The van der Waals surface area contributed by atoms with Gasteiger partial charge in [-0.05, 0) is 12.1 Å². The quantitative estimate of drug-likeness (QED) is 0.523. The van der Waals surface area contributed by atoms with Gasteiger partial charge in [0.05, 0.1) is 0 Å². The molecule has 0 aliphatic rings. The number of nitrogens with two attached hydrogens (primary N) is 1. The van der Waals surface area contributed by atoms with Gasteiger partial charge in [0.25, 0.3) is 0 Å². The van der Waals surface area contributed by atoms with Crippen molar-refractivity contribution in [3.05, 3.63) is 23.2 Å². The van der Waals surface area contributed by atoms with E-state index in [0.717, 1.165) is 5.52 Å². The third-order valence-electron chi connectivity index (χ3n) is 1.47.